The molecule has 1 aliphatic carbocycles. The number of rotatable bonds is 6. The van der Waals surface area contributed by atoms with Gasteiger partial charge in [0.1, 0.15) is 10.9 Å². The quantitative estimate of drug-likeness (QED) is 0.581. The third-order valence-electron chi connectivity index (χ3n) is 5.93. The van der Waals surface area contributed by atoms with Crippen molar-refractivity contribution in [3.8, 4) is 11.8 Å². The van der Waals surface area contributed by atoms with Crippen molar-refractivity contribution in [1.82, 2.24) is 4.90 Å². The van der Waals surface area contributed by atoms with E-state index in [0.29, 0.717) is 10.8 Å². The molecule has 0 spiro atoms. The van der Waals surface area contributed by atoms with Crippen LogP contribution >= 0.6 is 11.3 Å². The van der Waals surface area contributed by atoms with Crippen LogP contribution in [0, 0.1) is 35.0 Å². The Morgan fingerprint density at radius 2 is 1.70 bits per heavy atom. The zero-order valence-electron chi connectivity index (χ0n) is 21.2. The van der Waals surface area contributed by atoms with Gasteiger partial charge in [-0.3, -0.25) is 14.5 Å². The van der Waals surface area contributed by atoms with Gasteiger partial charge in [0.05, 0.1) is 10.6 Å². The SMILES string of the molecule is CC1CCC(C(=O)N(c2cc(C#CC(C)(C)C)sc2C(=O)O)[C@@H](C(=O)N(C)C)C(C)C)CC1. The minimum absolute atomic E-state index is 0.0444. The van der Waals surface area contributed by atoms with Crippen LogP contribution in [0.25, 0.3) is 0 Å². The van der Waals surface area contributed by atoms with E-state index in [4.69, 9.17) is 0 Å². The van der Waals surface area contributed by atoms with Crippen molar-refractivity contribution in [3.05, 3.63) is 15.8 Å². The summed E-state index contributed by atoms with van der Waals surface area (Å²) in [6.07, 6.45) is 3.41. The van der Waals surface area contributed by atoms with Gasteiger partial charge in [-0.15, -0.1) is 11.3 Å². The van der Waals surface area contributed by atoms with Gasteiger partial charge in [-0.25, -0.2) is 4.79 Å². The Bertz CT molecular complexity index is 938. The van der Waals surface area contributed by atoms with E-state index in [9.17, 15) is 19.5 Å². The van der Waals surface area contributed by atoms with Crippen molar-refractivity contribution in [1.29, 1.82) is 0 Å². The smallest absolute Gasteiger partial charge is 0.348 e. The molecule has 1 heterocycles. The second kappa shape index (κ2) is 10.7. The van der Waals surface area contributed by atoms with Crippen LogP contribution < -0.4 is 4.90 Å². The lowest BCUT2D eigenvalue weighted by Gasteiger charge is -2.38. The Hall–Kier alpha value is -2.33. The number of carboxylic acids is 1. The fraction of sp³-hybridized carbons (Fsp3) is 0.654. The summed E-state index contributed by atoms with van der Waals surface area (Å²) in [7, 11) is 3.32. The molecule has 1 fully saturated rings. The lowest BCUT2D eigenvalue weighted by Crippen LogP contribution is -2.54. The number of hydrogen-bond donors (Lipinski definition) is 1. The monoisotopic (exact) mass is 474 g/mol. The van der Waals surface area contributed by atoms with Gasteiger partial charge in [0.25, 0.3) is 0 Å². The summed E-state index contributed by atoms with van der Waals surface area (Å²) in [5.41, 5.74) is 0.0339. The maximum Gasteiger partial charge on any atom is 0.348 e. The number of amides is 2. The molecule has 0 aliphatic heterocycles. The minimum atomic E-state index is -1.12. The summed E-state index contributed by atoms with van der Waals surface area (Å²) in [6.45, 7) is 11.9. The normalized spacial score (nSPS) is 19.4. The van der Waals surface area contributed by atoms with Crippen molar-refractivity contribution in [2.75, 3.05) is 19.0 Å². The first-order valence-corrected chi connectivity index (χ1v) is 12.5. The molecule has 2 amide bonds. The van der Waals surface area contributed by atoms with Gasteiger partial charge in [-0.2, -0.15) is 0 Å². The highest BCUT2D eigenvalue weighted by Gasteiger charge is 2.40. The molecule has 1 aromatic heterocycles. The Balaban J connectivity index is 2.66. The maximum atomic E-state index is 13.9. The number of carboxylic acid groups (broad SMARTS) is 1. The lowest BCUT2D eigenvalue weighted by molar-refractivity contribution is -0.134. The van der Waals surface area contributed by atoms with Crippen molar-refractivity contribution >= 4 is 34.8 Å². The second-order valence-electron chi connectivity index (χ2n) is 10.7. The van der Waals surface area contributed by atoms with Crippen LogP contribution in [0.5, 0.6) is 0 Å². The largest absolute Gasteiger partial charge is 0.477 e. The standard InChI is InChI=1S/C26H38N2O4S/c1-16(2)21(24(30)27(7)8)28(23(29)18-11-9-17(3)10-12-18)20-15-19(13-14-26(4,5)6)33-22(20)25(31)32/h15-18,21H,9-12H2,1-8H3,(H,31,32)/t17?,18?,21-/m1/s1. The second-order valence-corrected chi connectivity index (χ2v) is 11.8. The molecule has 182 valence electrons. The lowest BCUT2D eigenvalue weighted by atomic mass is 9.81. The summed E-state index contributed by atoms with van der Waals surface area (Å²) in [6, 6.07) is 0.886. The minimum Gasteiger partial charge on any atom is -0.477 e. The molecule has 1 aliphatic rings. The van der Waals surface area contributed by atoms with Crippen molar-refractivity contribution < 1.29 is 19.5 Å². The van der Waals surface area contributed by atoms with Gasteiger partial charge >= 0.3 is 5.97 Å². The van der Waals surface area contributed by atoms with Gasteiger partial charge in [0.2, 0.25) is 11.8 Å². The molecule has 7 heteroatoms. The van der Waals surface area contributed by atoms with E-state index < -0.39 is 12.0 Å². The van der Waals surface area contributed by atoms with Crippen LogP contribution in [0.15, 0.2) is 6.07 Å². The fourth-order valence-electron chi connectivity index (χ4n) is 4.09. The summed E-state index contributed by atoms with van der Waals surface area (Å²) in [5, 5.41) is 9.98. The van der Waals surface area contributed by atoms with E-state index in [1.807, 2.05) is 34.6 Å². The first-order chi connectivity index (χ1) is 15.2. The average Bonchev–Trinajstić information content (AvgIpc) is 3.13. The van der Waals surface area contributed by atoms with E-state index in [-0.39, 0.29) is 39.6 Å². The molecule has 33 heavy (non-hydrogen) atoms. The fourth-order valence-corrected chi connectivity index (χ4v) is 4.93. The molecule has 0 radical (unpaired) electrons. The molecule has 1 N–H and O–H groups in total. The molecule has 1 saturated carbocycles. The Morgan fingerprint density at radius 1 is 1.12 bits per heavy atom. The molecule has 0 aromatic carbocycles. The highest BCUT2D eigenvalue weighted by atomic mass is 32.1. The van der Waals surface area contributed by atoms with Crippen molar-refractivity contribution in [2.24, 2.45) is 23.2 Å². The van der Waals surface area contributed by atoms with E-state index >= 15 is 0 Å². The van der Waals surface area contributed by atoms with Gasteiger partial charge in [-0.1, -0.05) is 32.6 Å². The van der Waals surface area contributed by atoms with E-state index in [0.717, 1.165) is 37.0 Å². The molecule has 1 aromatic rings. The number of carbonyl (C=O) groups is 3. The number of hydrogen-bond acceptors (Lipinski definition) is 4. The number of carbonyl (C=O) groups excluding carboxylic acids is 2. The van der Waals surface area contributed by atoms with Crippen molar-refractivity contribution in [2.45, 2.75) is 73.3 Å². The molecular weight excluding hydrogens is 436 g/mol. The number of nitrogens with zero attached hydrogens (tertiary/aromatic N) is 2. The average molecular weight is 475 g/mol. The molecule has 1 atom stereocenters. The zero-order valence-corrected chi connectivity index (χ0v) is 22.0. The number of aromatic carboxylic acids is 1. The van der Waals surface area contributed by atoms with Crippen LogP contribution in [-0.4, -0.2) is 47.9 Å². The number of anilines is 1. The molecule has 6 nitrogen and oxygen atoms in total. The third-order valence-corrected chi connectivity index (χ3v) is 6.96. The summed E-state index contributed by atoms with van der Waals surface area (Å²) >= 11 is 1.06. The van der Waals surface area contributed by atoms with Crippen LogP contribution in [0.4, 0.5) is 5.69 Å². The Kier molecular flexibility index (Phi) is 8.75. The topological polar surface area (TPSA) is 77.9 Å². The first-order valence-electron chi connectivity index (χ1n) is 11.7. The van der Waals surface area contributed by atoms with Crippen molar-refractivity contribution in [3.63, 3.8) is 0 Å². The van der Waals surface area contributed by atoms with Crippen LogP contribution in [0.1, 0.15) is 81.8 Å². The molecular formula is C26H38N2O4S. The maximum absolute atomic E-state index is 13.9. The van der Waals surface area contributed by atoms with Crippen LogP contribution in [-0.2, 0) is 9.59 Å². The first kappa shape index (κ1) is 26.9. The van der Waals surface area contributed by atoms with Crippen LogP contribution in [0.2, 0.25) is 0 Å². The number of thiophene rings is 1. The van der Waals surface area contributed by atoms with Gasteiger partial charge < -0.3 is 10.0 Å². The summed E-state index contributed by atoms with van der Waals surface area (Å²) in [5.74, 6) is 4.87. The molecule has 2 rings (SSSR count). The van der Waals surface area contributed by atoms with Gasteiger partial charge in [0.15, 0.2) is 0 Å². The van der Waals surface area contributed by atoms with Crippen LogP contribution in [0.3, 0.4) is 0 Å². The van der Waals surface area contributed by atoms with Gasteiger partial charge in [0, 0.05) is 25.4 Å². The highest BCUT2D eigenvalue weighted by Crippen LogP contribution is 2.37. The van der Waals surface area contributed by atoms with E-state index in [1.165, 1.54) is 9.80 Å². The zero-order chi connectivity index (χ0) is 25.1. The Morgan fingerprint density at radius 3 is 2.15 bits per heavy atom. The molecule has 0 unspecified atom stereocenters. The Labute approximate surface area is 202 Å². The predicted octanol–water partition coefficient (Wildman–Crippen LogP) is 5.12. The predicted molar refractivity (Wildman–Crippen MR) is 134 cm³/mol. The summed E-state index contributed by atoms with van der Waals surface area (Å²) < 4.78 is 0. The molecule has 0 bridgehead atoms. The molecule has 0 saturated heterocycles. The van der Waals surface area contributed by atoms with E-state index in [1.54, 1.807) is 20.2 Å². The summed E-state index contributed by atoms with van der Waals surface area (Å²) in [4.78, 5) is 42.9. The highest BCUT2D eigenvalue weighted by molar-refractivity contribution is 7.15. The number of likely N-dealkylation sites (N-methyl/N-ethyl adjacent to an activating group) is 1. The van der Waals surface area contributed by atoms with Gasteiger partial charge in [-0.05, 0) is 64.4 Å². The van der Waals surface area contributed by atoms with E-state index in [2.05, 4.69) is 18.8 Å². The third kappa shape index (κ3) is 6.83.